The van der Waals surface area contributed by atoms with Gasteiger partial charge in [-0.2, -0.15) is 0 Å². The van der Waals surface area contributed by atoms with Gasteiger partial charge in [-0.25, -0.2) is 4.98 Å². The summed E-state index contributed by atoms with van der Waals surface area (Å²) in [4.78, 5) is 6.43. The molecule has 0 saturated carbocycles. The Hall–Kier alpha value is -1.69. The van der Waals surface area contributed by atoms with Crippen LogP contribution in [0.15, 0.2) is 18.7 Å². The Kier molecular flexibility index (Phi) is 1.53. The van der Waals surface area contributed by atoms with Gasteiger partial charge in [-0.15, -0.1) is 10.2 Å². The third-order valence-electron chi connectivity index (χ3n) is 2.60. The Morgan fingerprint density at radius 1 is 1.47 bits per heavy atom. The molecule has 15 heavy (non-hydrogen) atoms. The number of hydrogen-bond donors (Lipinski definition) is 1. The van der Waals surface area contributed by atoms with Gasteiger partial charge in [-0.1, -0.05) is 0 Å². The smallest absolute Gasteiger partial charge is 0.203 e. The van der Waals surface area contributed by atoms with Gasteiger partial charge >= 0.3 is 0 Å². The van der Waals surface area contributed by atoms with E-state index in [1.165, 1.54) is 0 Å². The van der Waals surface area contributed by atoms with Crippen molar-refractivity contribution < 1.29 is 0 Å². The van der Waals surface area contributed by atoms with Crippen LogP contribution in [0.3, 0.4) is 0 Å². The van der Waals surface area contributed by atoms with Crippen molar-refractivity contribution in [1.29, 1.82) is 0 Å². The fourth-order valence-corrected chi connectivity index (χ4v) is 1.94. The molecular formula is C9H12N6. The SMILES string of the molecule is CC1(N)CN(c2nccn3cnnc23)C1. The second kappa shape index (κ2) is 2.66. The topological polar surface area (TPSA) is 72.3 Å². The minimum Gasteiger partial charge on any atom is -0.350 e. The Balaban J connectivity index is 2.02. The first-order valence-electron chi connectivity index (χ1n) is 4.84. The van der Waals surface area contributed by atoms with E-state index >= 15 is 0 Å². The van der Waals surface area contributed by atoms with E-state index in [-0.39, 0.29) is 5.54 Å². The average molecular weight is 204 g/mol. The van der Waals surface area contributed by atoms with E-state index in [0.717, 1.165) is 24.6 Å². The highest BCUT2D eigenvalue weighted by atomic mass is 15.3. The molecule has 0 unspecified atom stereocenters. The van der Waals surface area contributed by atoms with Crippen LogP contribution in [0, 0.1) is 0 Å². The van der Waals surface area contributed by atoms with E-state index in [2.05, 4.69) is 20.1 Å². The van der Waals surface area contributed by atoms with Crippen LogP contribution in [0.5, 0.6) is 0 Å². The van der Waals surface area contributed by atoms with E-state index in [9.17, 15) is 0 Å². The molecule has 1 saturated heterocycles. The van der Waals surface area contributed by atoms with Crippen molar-refractivity contribution in [2.24, 2.45) is 5.73 Å². The third kappa shape index (κ3) is 1.25. The maximum absolute atomic E-state index is 5.96. The zero-order valence-electron chi connectivity index (χ0n) is 8.46. The van der Waals surface area contributed by atoms with Crippen LogP contribution in [0.1, 0.15) is 6.92 Å². The predicted octanol–water partition coefficient (Wildman–Crippen LogP) is -0.338. The lowest BCUT2D eigenvalue weighted by Crippen LogP contribution is -2.65. The molecule has 6 nitrogen and oxygen atoms in total. The molecule has 0 aromatic carbocycles. The summed E-state index contributed by atoms with van der Waals surface area (Å²) in [6, 6.07) is 0. The molecule has 3 heterocycles. The van der Waals surface area contributed by atoms with E-state index < -0.39 is 0 Å². The highest BCUT2D eigenvalue weighted by Gasteiger charge is 2.36. The molecule has 0 bridgehead atoms. The second-order valence-electron chi connectivity index (χ2n) is 4.32. The van der Waals surface area contributed by atoms with E-state index in [1.54, 1.807) is 12.5 Å². The van der Waals surface area contributed by atoms with Gasteiger partial charge in [0.15, 0.2) is 5.82 Å². The fourth-order valence-electron chi connectivity index (χ4n) is 1.94. The zero-order valence-corrected chi connectivity index (χ0v) is 8.46. The van der Waals surface area contributed by atoms with Crippen molar-refractivity contribution in [2.75, 3.05) is 18.0 Å². The highest BCUT2D eigenvalue weighted by Crippen LogP contribution is 2.25. The molecule has 78 valence electrons. The summed E-state index contributed by atoms with van der Waals surface area (Å²) in [5, 5.41) is 7.89. The molecule has 0 aliphatic carbocycles. The molecule has 3 rings (SSSR count). The van der Waals surface area contributed by atoms with Gasteiger partial charge in [0.25, 0.3) is 0 Å². The molecule has 1 aliphatic rings. The minimum absolute atomic E-state index is 0.103. The minimum atomic E-state index is -0.103. The largest absolute Gasteiger partial charge is 0.350 e. The number of nitrogens with two attached hydrogens (primary N) is 1. The molecule has 0 spiro atoms. The third-order valence-corrected chi connectivity index (χ3v) is 2.60. The zero-order chi connectivity index (χ0) is 10.5. The normalized spacial score (nSPS) is 19.2. The van der Waals surface area contributed by atoms with Crippen LogP contribution in [0.4, 0.5) is 5.82 Å². The van der Waals surface area contributed by atoms with Crippen molar-refractivity contribution in [2.45, 2.75) is 12.5 Å². The summed E-state index contributed by atoms with van der Waals surface area (Å²) in [7, 11) is 0. The summed E-state index contributed by atoms with van der Waals surface area (Å²) >= 11 is 0. The molecule has 0 amide bonds. The van der Waals surface area contributed by atoms with Gasteiger partial charge in [0.05, 0.1) is 0 Å². The van der Waals surface area contributed by atoms with Crippen LogP contribution in [-0.2, 0) is 0 Å². The Labute approximate surface area is 86.7 Å². The van der Waals surface area contributed by atoms with Crippen molar-refractivity contribution in [3.05, 3.63) is 18.7 Å². The number of rotatable bonds is 1. The number of fused-ring (bicyclic) bond motifs is 1. The van der Waals surface area contributed by atoms with Crippen LogP contribution < -0.4 is 10.6 Å². The lowest BCUT2D eigenvalue weighted by atomic mass is 9.94. The summed E-state index contributed by atoms with van der Waals surface area (Å²) < 4.78 is 1.86. The average Bonchev–Trinajstić information content (AvgIpc) is 2.60. The first-order valence-corrected chi connectivity index (χ1v) is 4.84. The predicted molar refractivity (Wildman–Crippen MR) is 55.6 cm³/mol. The van der Waals surface area contributed by atoms with E-state index in [0.29, 0.717) is 0 Å². The molecule has 6 heteroatoms. The molecule has 2 aromatic heterocycles. The Bertz CT molecular complexity index is 494. The van der Waals surface area contributed by atoms with Crippen LogP contribution in [0.2, 0.25) is 0 Å². The van der Waals surface area contributed by atoms with Gasteiger partial charge < -0.3 is 10.6 Å². The maximum atomic E-state index is 5.96. The highest BCUT2D eigenvalue weighted by molar-refractivity contribution is 5.65. The monoisotopic (exact) mass is 204 g/mol. The van der Waals surface area contributed by atoms with Crippen molar-refractivity contribution >= 4 is 11.5 Å². The van der Waals surface area contributed by atoms with Crippen LogP contribution in [0.25, 0.3) is 5.65 Å². The molecule has 2 aromatic rings. The first kappa shape index (κ1) is 8.60. The van der Waals surface area contributed by atoms with E-state index in [4.69, 9.17) is 5.73 Å². The fraction of sp³-hybridized carbons (Fsp3) is 0.444. The molecule has 0 radical (unpaired) electrons. The van der Waals surface area contributed by atoms with Crippen molar-refractivity contribution in [3.8, 4) is 0 Å². The van der Waals surface area contributed by atoms with Gasteiger partial charge in [0.1, 0.15) is 6.33 Å². The molecular weight excluding hydrogens is 192 g/mol. The molecule has 1 fully saturated rings. The maximum Gasteiger partial charge on any atom is 0.203 e. The van der Waals surface area contributed by atoms with Crippen molar-refractivity contribution in [3.63, 3.8) is 0 Å². The molecule has 1 aliphatic heterocycles. The second-order valence-corrected chi connectivity index (χ2v) is 4.32. The number of aromatic nitrogens is 4. The number of anilines is 1. The van der Waals surface area contributed by atoms with Gasteiger partial charge in [0, 0.05) is 31.0 Å². The standard InChI is InChI=1S/C9H12N6/c1-9(10)4-15(5-9)7-8-13-12-6-14(8)3-2-11-7/h2-3,6H,4-5,10H2,1H3. The lowest BCUT2D eigenvalue weighted by molar-refractivity contribution is 0.363. The van der Waals surface area contributed by atoms with Crippen molar-refractivity contribution in [1.82, 2.24) is 19.6 Å². The lowest BCUT2D eigenvalue weighted by Gasteiger charge is -2.45. The Morgan fingerprint density at radius 2 is 2.27 bits per heavy atom. The number of nitrogens with zero attached hydrogens (tertiary/aromatic N) is 5. The molecule has 2 N–H and O–H groups in total. The number of hydrogen-bond acceptors (Lipinski definition) is 5. The van der Waals surface area contributed by atoms with E-state index in [1.807, 2.05) is 17.5 Å². The quantitative estimate of drug-likeness (QED) is 0.688. The van der Waals surface area contributed by atoms with Gasteiger partial charge in [-0.3, -0.25) is 4.40 Å². The van der Waals surface area contributed by atoms with Crippen LogP contribution >= 0.6 is 0 Å². The molecule has 0 atom stereocenters. The Morgan fingerprint density at radius 3 is 3.00 bits per heavy atom. The summed E-state index contributed by atoms with van der Waals surface area (Å²) in [5.41, 5.74) is 6.64. The summed E-state index contributed by atoms with van der Waals surface area (Å²) in [6.45, 7) is 3.66. The summed E-state index contributed by atoms with van der Waals surface area (Å²) in [6.07, 6.45) is 5.25. The van der Waals surface area contributed by atoms with Crippen LogP contribution in [-0.4, -0.2) is 38.2 Å². The summed E-state index contributed by atoms with van der Waals surface area (Å²) in [5.74, 6) is 0.859. The van der Waals surface area contributed by atoms with Gasteiger partial charge in [-0.05, 0) is 6.92 Å². The van der Waals surface area contributed by atoms with Gasteiger partial charge in [0.2, 0.25) is 5.65 Å². The first-order chi connectivity index (χ1) is 7.16.